The van der Waals surface area contributed by atoms with Crippen LogP contribution >= 0.6 is 0 Å². The number of anilines is 1. The fourth-order valence-corrected chi connectivity index (χ4v) is 1.92. The Morgan fingerprint density at radius 2 is 1.79 bits per heavy atom. The lowest BCUT2D eigenvalue weighted by molar-refractivity contribution is -0.148. The number of hydrogen-bond acceptors (Lipinski definition) is 3. The van der Waals surface area contributed by atoms with E-state index in [9.17, 15) is 14.0 Å². The first-order chi connectivity index (χ1) is 11.5. The van der Waals surface area contributed by atoms with Crippen LogP contribution in [-0.4, -0.2) is 18.0 Å². The van der Waals surface area contributed by atoms with Gasteiger partial charge in [0.1, 0.15) is 5.82 Å². The average molecular weight is 327 g/mol. The molecule has 0 fully saturated rings. The summed E-state index contributed by atoms with van der Waals surface area (Å²) in [5, 5.41) is 2.66. The van der Waals surface area contributed by atoms with Crippen LogP contribution in [0.15, 0.2) is 54.6 Å². The van der Waals surface area contributed by atoms with E-state index < -0.39 is 23.8 Å². The smallest absolute Gasteiger partial charge is 0.331 e. The van der Waals surface area contributed by atoms with Crippen molar-refractivity contribution in [1.29, 1.82) is 0 Å². The molecule has 5 heteroatoms. The molecule has 0 unspecified atom stereocenters. The summed E-state index contributed by atoms with van der Waals surface area (Å²) in [6.45, 7) is 3.41. The van der Waals surface area contributed by atoms with Crippen molar-refractivity contribution in [2.75, 3.05) is 5.32 Å². The van der Waals surface area contributed by atoms with Crippen LogP contribution in [0.5, 0.6) is 0 Å². The van der Waals surface area contributed by atoms with Gasteiger partial charge in [0.05, 0.1) is 0 Å². The van der Waals surface area contributed by atoms with Gasteiger partial charge in [0.2, 0.25) is 0 Å². The van der Waals surface area contributed by atoms with Crippen LogP contribution in [0.25, 0.3) is 6.08 Å². The summed E-state index contributed by atoms with van der Waals surface area (Å²) in [5.74, 6) is -1.59. The Kier molecular flexibility index (Phi) is 5.84. The van der Waals surface area contributed by atoms with E-state index in [1.165, 1.54) is 25.1 Å². The molecule has 0 heterocycles. The van der Waals surface area contributed by atoms with Crippen LogP contribution < -0.4 is 5.32 Å². The molecule has 0 spiro atoms. The van der Waals surface area contributed by atoms with Gasteiger partial charge in [-0.3, -0.25) is 4.79 Å². The number of esters is 1. The second-order valence-corrected chi connectivity index (χ2v) is 5.29. The van der Waals surface area contributed by atoms with Gasteiger partial charge in [0.25, 0.3) is 5.91 Å². The first kappa shape index (κ1) is 17.4. The highest BCUT2D eigenvalue weighted by Gasteiger charge is 2.16. The largest absolute Gasteiger partial charge is 0.449 e. The quantitative estimate of drug-likeness (QED) is 0.673. The van der Waals surface area contributed by atoms with Gasteiger partial charge in [-0.15, -0.1) is 0 Å². The second-order valence-electron chi connectivity index (χ2n) is 5.29. The van der Waals surface area contributed by atoms with Crippen LogP contribution in [0.4, 0.5) is 10.1 Å². The van der Waals surface area contributed by atoms with Crippen molar-refractivity contribution < 1.29 is 18.7 Å². The van der Waals surface area contributed by atoms with Gasteiger partial charge in [-0.25, -0.2) is 9.18 Å². The van der Waals surface area contributed by atoms with Crippen molar-refractivity contribution in [2.45, 2.75) is 20.0 Å². The third-order valence-electron chi connectivity index (χ3n) is 3.29. The number of hydrogen-bond donors (Lipinski definition) is 1. The number of nitrogens with one attached hydrogen (secondary N) is 1. The summed E-state index contributed by atoms with van der Waals surface area (Å²) in [6.07, 6.45) is 1.43. The predicted molar refractivity (Wildman–Crippen MR) is 90.8 cm³/mol. The van der Waals surface area contributed by atoms with Crippen molar-refractivity contribution in [1.82, 2.24) is 0 Å². The Morgan fingerprint density at radius 1 is 1.12 bits per heavy atom. The summed E-state index contributed by atoms with van der Waals surface area (Å²) < 4.78 is 18.4. The number of amides is 1. The van der Waals surface area contributed by atoms with E-state index in [1.807, 2.05) is 19.1 Å². The minimum Gasteiger partial charge on any atom is -0.449 e. The number of ether oxygens (including phenoxy) is 1. The molecule has 0 radical (unpaired) electrons. The Hall–Kier alpha value is -2.95. The molecule has 0 aliphatic carbocycles. The minimum atomic E-state index is -0.968. The number of aryl methyl sites for hydroxylation is 1. The average Bonchev–Trinajstić information content (AvgIpc) is 2.56. The topological polar surface area (TPSA) is 55.4 Å². The Labute approximate surface area is 140 Å². The summed E-state index contributed by atoms with van der Waals surface area (Å²) in [5.41, 5.74) is 1.97. The number of benzene rings is 2. The van der Waals surface area contributed by atoms with Crippen LogP contribution in [0.3, 0.4) is 0 Å². The maximum atomic E-state index is 13.4. The summed E-state index contributed by atoms with van der Waals surface area (Å²) >= 11 is 0. The summed E-state index contributed by atoms with van der Waals surface area (Å²) in [7, 11) is 0. The fourth-order valence-electron chi connectivity index (χ4n) is 1.92. The zero-order chi connectivity index (χ0) is 17.5. The standard InChI is InChI=1S/C19H18FNO3/c1-13-7-10-16(11-8-13)21-19(23)14(2)24-18(22)12-9-15-5-3-4-6-17(15)20/h3-12,14H,1-2H3,(H,21,23)/b12-9+/t14-/m1/s1. The summed E-state index contributed by atoms with van der Waals surface area (Å²) in [6, 6.07) is 13.3. The molecule has 0 saturated heterocycles. The van der Waals surface area contributed by atoms with E-state index in [2.05, 4.69) is 5.32 Å². The Balaban J connectivity index is 1.90. The van der Waals surface area contributed by atoms with E-state index in [0.717, 1.165) is 11.6 Å². The van der Waals surface area contributed by atoms with Gasteiger partial charge in [-0.2, -0.15) is 0 Å². The molecule has 1 N–H and O–H groups in total. The van der Waals surface area contributed by atoms with Crippen molar-refractivity contribution in [3.63, 3.8) is 0 Å². The van der Waals surface area contributed by atoms with Crippen molar-refractivity contribution in [3.05, 3.63) is 71.6 Å². The van der Waals surface area contributed by atoms with Crippen molar-refractivity contribution in [3.8, 4) is 0 Å². The molecule has 0 aliphatic rings. The van der Waals surface area contributed by atoms with Gasteiger partial charge >= 0.3 is 5.97 Å². The monoisotopic (exact) mass is 327 g/mol. The lowest BCUT2D eigenvalue weighted by Gasteiger charge is -2.12. The lowest BCUT2D eigenvalue weighted by atomic mass is 10.2. The highest BCUT2D eigenvalue weighted by atomic mass is 19.1. The first-order valence-electron chi connectivity index (χ1n) is 7.46. The van der Waals surface area contributed by atoms with Gasteiger partial charge in [0, 0.05) is 17.3 Å². The van der Waals surface area contributed by atoms with Crippen LogP contribution in [0, 0.1) is 12.7 Å². The van der Waals surface area contributed by atoms with E-state index >= 15 is 0 Å². The molecule has 1 atom stereocenters. The van der Waals surface area contributed by atoms with Crippen LogP contribution in [0.2, 0.25) is 0 Å². The second kappa shape index (κ2) is 8.06. The van der Waals surface area contributed by atoms with E-state index in [1.54, 1.807) is 24.3 Å². The van der Waals surface area contributed by atoms with E-state index in [0.29, 0.717) is 5.69 Å². The molecule has 0 bridgehead atoms. The van der Waals surface area contributed by atoms with Crippen LogP contribution in [0.1, 0.15) is 18.1 Å². The molecule has 0 aromatic heterocycles. The predicted octanol–water partition coefficient (Wildman–Crippen LogP) is 3.72. The Morgan fingerprint density at radius 3 is 2.46 bits per heavy atom. The highest BCUT2D eigenvalue weighted by Crippen LogP contribution is 2.11. The molecule has 2 aromatic rings. The van der Waals surface area contributed by atoms with E-state index in [-0.39, 0.29) is 5.56 Å². The molecule has 1 amide bonds. The maximum Gasteiger partial charge on any atom is 0.331 e. The summed E-state index contributed by atoms with van der Waals surface area (Å²) in [4.78, 5) is 23.7. The SMILES string of the molecule is Cc1ccc(NC(=O)[C@@H](C)OC(=O)/C=C/c2ccccc2F)cc1. The molecule has 4 nitrogen and oxygen atoms in total. The first-order valence-corrected chi connectivity index (χ1v) is 7.46. The number of carbonyl (C=O) groups is 2. The number of rotatable bonds is 5. The van der Waals surface area contributed by atoms with E-state index in [4.69, 9.17) is 4.74 Å². The highest BCUT2D eigenvalue weighted by molar-refractivity contribution is 5.96. The lowest BCUT2D eigenvalue weighted by Crippen LogP contribution is -2.29. The van der Waals surface area contributed by atoms with Gasteiger partial charge in [-0.05, 0) is 38.1 Å². The molecule has 2 rings (SSSR count). The van der Waals surface area contributed by atoms with Crippen molar-refractivity contribution in [2.24, 2.45) is 0 Å². The zero-order valence-corrected chi connectivity index (χ0v) is 13.5. The molecule has 24 heavy (non-hydrogen) atoms. The molecular weight excluding hydrogens is 309 g/mol. The fraction of sp³-hybridized carbons (Fsp3) is 0.158. The van der Waals surface area contributed by atoms with Crippen LogP contribution in [-0.2, 0) is 14.3 Å². The maximum absolute atomic E-state index is 13.4. The third-order valence-corrected chi connectivity index (χ3v) is 3.29. The molecule has 2 aromatic carbocycles. The number of halogens is 1. The van der Waals surface area contributed by atoms with Crippen molar-refractivity contribution >= 4 is 23.6 Å². The van der Waals surface area contributed by atoms with Gasteiger partial charge < -0.3 is 10.1 Å². The molecule has 124 valence electrons. The molecular formula is C19H18FNO3. The number of carbonyl (C=O) groups excluding carboxylic acids is 2. The van der Waals surface area contributed by atoms with Gasteiger partial charge in [0.15, 0.2) is 6.10 Å². The zero-order valence-electron chi connectivity index (χ0n) is 13.5. The molecule has 0 aliphatic heterocycles. The normalized spacial score (nSPS) is 12.0. The third kappa shape index (κ3) is 5.05. The minimum absolute atomic E-state index is 0.270. The van der Waals surface area contributed by atoms with Gasteiger partial charge in [-0.1, -0.05) is 35.9 Å². The Bertz CT molecular complexity index is 753. The molecule has 0 saturated carbocycles.